The summed E-state index contributed by atoms with van der Waals surface area (Å²) in [4.78, 5) is 12.3. The Hall–Kier alpha value is -2.30. The number of aromatic nitrogens is 1. The van der Waals surface area contributed by atoms with E-state index in [0.29, 0.717) is 23.8 Å². The van der Waals surface area contributed by atoms with E-state index in [1.165, 1.54) is 12.8 Å². The maximum atomic E-state index is 12.3. The van der Waals surface area contributed by atoms with Gasteiger partial charge in [-0.1, -0.05) is 17.3 Å². The predicted octanol–water partition coefficient (Wildman–Crippen LogP) is 3.01. The van der Waals surface area contributed by atoms with Crippen LogP contribution in [0.2, 0.25) is 0 Å². The highest BCUT2D eigenvalue weighted by Crippen LogP contribution is 2.28. The molecule has 0 aliphatic heterocycles. The van der Waals surface area contributed by atoms with Crippen LogP contribution in [-0.2, 0) is 6.61 Å². The van der Waals surface area contributed by atoms with Crippen molar-refractivity contribution in [1.29, 1.82) is 0 Å². The smallest absolute Gasteiger partial charge is 0.255 e. The Morgan fingerprint density at radius 3 is 2.82 bits per heavy atom. The molecule has 0 spiro atoms. The van der Waals surface area contributed by atoms with Crippen LogP contribution in [0.5, 0.6) is 5.75 Å². The maximum absolute atomic E-state index is 12.3. The third-order valence-electron chi connectivity index (χ3n) is 3.93. The summed E-state index contributed by atoms with van der Waals surface area (Å²) < 4.78 is 10.9. The molecule has 0 saturated heterocycles. The minimum atomic E-state index is -0.0822. The number of para-hydroxylation sites is 1. The number of aryl methyl sites for hydroxylation is 2. The summed E-state index contributed by atoms with van der Waals surface area (Å²) in [7, 11) is 0. The molecule has 116 valence electrons. The molecule has 0 bridgehead atoms. The Bertz CT molecular complexity index is 655. The SMILES string of the molecule is Cc1noc(C)c1COc1ccccc1C(=O)NCC1CC1. The molecule has 1 heterocycles. The van der Waals surface area contributed by atoms with E-state index < -0.39 is 0 Å². The molecule has 1 aromatic heterocycles. The van der Waals surface area contributed by atoms with Gasteiger partial charge in [0.25, 0.3) is 5.91 Å². The van der Waals surface area contributed by atoms with E-state index in [2.05, 4.69) is 10.5 Å². The molecule has 5 heteroatoms. The standard InChI is InChI=1S/C17H20N2O3/c1-11-15(12(2)22-19-11)10-21-16-6-4-3-5-14(16)17(20)18-9-13-7-8-13/h3-6,13H,7-10H2,1-2H3,(H,18,20). The average Bonchev–Trinajstić information content (AvgIpc) is 3.30. The van der Waals surface area contributed by atoms with Crippen molar-refractivity contribution in [1.82, 2.24) is 10.5 Å². The molecule has 1 aliphatic rings. The molecule has 0 unspecified atom stereocenters. The molecule has 1 aliphatic carbocycles. The number of hydrogen-bond donors (Lipinski definition) is 1. The minimum absolute atomic E-state index is 0.0822. The molecular weight excluding hydrogens is 280 g/mol. The fraction of sp³-hybridized carbons (Fsp3) is 0.412. The van der Waals surface area contributed by atoms with E-state index in [0.717, 1.165) is 23.6 Å². The molecule has 0 radical (unpaired) electrons. The Kier molecular flexibility index (Phi) is 4.13. The van der Waals surface area contributed by atoms with Crippen LogP contribution in [0.3, 0.4) is 0 Å². The quantitative estimate of drug-likeness (QED) is 0.890. The second kappa shape index (κ2) is 6.22. The van der Waals surface area contributed by atoms with Gasteiger partial charge >= 0.3 is 0 Å². The number of benzene rings is 1. The summed E-state index contributed by atoms with van der Waals surface area (Å²) in [5, 5.41) is 6.87. The Labute approximate surface area is 129 Å². The second-order valence-electron chi connectivity index (χ2n) is 5.74. The van der Waals surface area contributed by atoms with Crippen LogP contribution in [0.25, 0.3) is 0 Å². The van der Waals surface area contributed by atoms with Crippen molar-refractivity contribution >= 4 is 5.91 Å². The number of amides is 1. The number of carbonyl (C=O) groups excluding carboxylic acids is 1. The lowest BCUT2D eigenvalue weighted by atomic mass is 10.1. The Balaban J connectivity index is 1.69. The van der Waals surface area contributed by atoms with Crippen molar-refractivity contribution in [3.8, 4) is 5.75 Å². The summed E-state index contributed by atoms with van der Waals surface area (Å²) >= 11 is 0. The van der Waals surface area contributed by atoms with Crippen molar-refractivity contribution < 1.29 is 14.1 Å². The van der Waals surface area contributed by atoms with E-state index in [1.807, 2.05) is 32.0 Å². The summed E-state index contributed by atoms with van der Waals surface area (Å²) in [5.74, 6) is 1.89. The monoisotopic (exact) mass is 300 g/mol. The molecule has 5 nitrogen and oxygen atoms in total. The largest absolute Gasteiger partial charge is 0.488 e. The van der Waals surface area contributed by atoms with Gasteiger partial charge in [-0.15, -0.1) is 0 Å². The van der Waals surface area contributed by atoms with E-state index >= 15 is 0 Å². The lowest BCUT2D eigenvalue weighted by Gasteiger charge is -2.11. The fourth-order valence-corrected chi connectivity index (χ4v) is 2.29. The Morgan fingerprint density at radius 2 is 2.14 bits per heavy atom. The van der Waals surface area contributed by atoms with Crippen LogP contribution in [-0.4, -0.2) is 17.6 Å². The van der Waals surface area contributed by atoms with Gasteiger partial charge in [0, 0.05) is 6.54 Å². The van der Waals surface area contributed by atoms with Crippen LogP contribution in [0, 0.1) is 19.8 Å². The van der Waals surface area contributed by atoms with Crippen molar-refractivity contribution in [3.05, 3.63) is 46.8 Å². The van der Waals surface area contributed by atoms with Gasteiger partial charge in [0.05, 0.1) is 16.8 Å². The number of rotatable bonds is 6. The lowest BCUT2D eigenvalue weighted by molar-refractivity contribution is 0.0947. The number of carbonyl (C=O) groups is 1. The van der Waals surface area contributed by atoms with Gasteiger partial charge in [-0.2, -0.15) is 0 Å². The first-order chi connectivity index (χ1) is 10.6. The predicted molar refractivity (Wildman–Crippen MR) is 81.8 cm³/mol. The molecule has 1 N–H and O–H groups in total. The number of hydrogen-bond acceptors (Lipinski definition) is 4. The summed E-state index contributed by atoms with van der Waals surface area (Å²) in [6.07, 6.45) is 2.43. The Morgan fingerprint density at radius 1 is 1.36 bits per heavy atom. The van der Waals surface area contributed by atoms with E-state index in [1.54, 1.807) is 6.07 Å². The van der Waals surface area contributed by atoms with Crippen LogP contribution < -0.4 is 10.1 Å². The van der Waals surface area contributed by atoms with Gasteiger partial charge in [-0.3, -0.25) is 4.79 Å². The molecule has 1 amide bonds. The zero-order valence-electron chi connectivity index (χ0n) is 12.9. The van der Waals surface area contributed by atoms with Crippen molar-refractivity contribution in [2.24, 2.45) is 5.92 Å². The van der Waals surface area contributed by atoms with E-state index in [4.69, 9.17) is 9.26 Å². The molecule has 1 fully saturated rings. The molecular formula is C17H20N2O3. The van der Waals surface area contributed by atoms with Gasteiger partial charge in [-0.25, -0.2) is 0 Å². The molecule has 1 saturated carbocycles. The zero-order valence-corrected chi connectivity index (χ0v) is 12.9. The zero-order chi connectivity index (χ0) is 15.5. The summed E-state index contributed by atoms with van der Waals surface area (Å²) in [5.41, 5.74) is 2.30. The minimum Gasteiger partial charge on any atom is -0.488 e. The van der Waals surface area contributed by atoms with E-state index in [-0.39, 0.29) is 5.91 Å². The first-order valence-corrected chi connectivity index (χ1v) is 7.57. The maximum Gasteiger partial charge on any atom is 0.255 e. The lowest BCUT2D eigenvalue weighted by Crippen LogP contribution is -2.26. The van der Waals surface area contributed by atoms with Crippen molar-refractivity contribution in [2.75, 3.05) is 6.54 Å². The van der Waals surface area contributed by atoms with Crippen LogP contribution in [0.1, 0.15) is 40.2 Å². The molecule has 1 aromatic carbocycles. The van der Waals surface area contributed by atoms with Crippen LogP contribution in [0.15, 0.2) is 28.8 Å². The van der Waals surface area contributed by atoms with Gasteiger partial charge in [0.15, 0.2) is 0 Å². The van der Waals surface area contributed by atoms with Crippen molar-refractivity contribution in [2.45, 2.75) is 33.3 Å². The topological polar surface area (TPSA) is 64.4 Å². The summed E-state index contributed by atoms with van der Waals surface area (Å²) in [6.45, 7) is 4.82. The molecule has 22 heavy (non-hydrogen) atoms. The molecule has 3 rings (SSSR count). The molecule has 2 aromatic rings. The highest BCUT2D eigenvalue weighted by atomic mass is 16.5. The van der Waals surface area contributed by atoms with Crippen molar-refractivity contribution in [3.63, 3.8) is 0 Å². The summed E-state index contributed by atoms with van der Waals surface area (Å²) in [6, 6.07) is 7.30. The van der Waals surface area contributed by atoms with Crippen LogP contribution in [0.4, 0.5) is 0 Å². The van der Waals surface area contributed by atoms with Crippen LogP contribution >= 0.6 is 0 Å². The van der Waals surface area contributed by atoms with Gasteiger partial charge in [-0.05, 0) is 44.7 Å². The molecule has 0 atom stereocenters. The van der Waals surface area contributed by atoms with E-state index in [9.17, 15) is 4.79 Å². The second-order valence-corrected chi connectivity index (χ2v) is 5.74. The highest BCUT2D eigenvalue weighted by molar-refractivity contribution is 5.96. The fourth-order valence-electron chi connectivity index (χ4n) is 2.29. The third kappa shape index (κ3) is 3.30. The normalized spacial score (nSPS) is 13.9. The number of nitrogens with one attached hydrogen (secondary N) is 1. The number of nitrogens with zero attached hydrogens (tertiary/aromatic N) is 1. The average molecular weight is 300 g/mol. The van der Waals surface area contributed by atoms with Gasteiger partial charge in [0.1, 0.15) is 18.1 Å². The van der Waals surface area contributed by atoms with Gasteiger partial charge < -0.3 is 14.6 Å². The highest BCUT2D eigenvalue weighted by Gasteiger charge is 2.22. The van der Waals surface area contributed by atoms with Gasteiger partial charge in [0.2, 0.25) is 0 Å². The first-order valence-electron chi connectivity index (χ1n) is 7.57. The number of ether oxygens (including phenoxy) is 1. The third-order valence-corrected chi connectivity index (χ3v) is 3.93. The first kappa shape index (κ1) is 14.6.